The van der Waals surface area contributed by atoms with Crippen molar-refractivity contribution in [2.24, 2.45) is 4.99 Å². The van der Waals surface area contributed by atoms with Gasteiger partial charge in [0, 0.05) is 43.1 Å². The van der Waals surface area contributed by atoms with Crippen molar-refractivity contribution >= 4 is 65.0 Å². The first kappa shape index (κ1) is 33.8. The standard InChI is InChI=1S/C55H35N3S/c1-3-13-34(14-4-1)35-23-25-36(26-24-35)49-33-50(58-55(57-49)37-15-5-2-6-16-37)38-28-30-48-47(31-38)54-52(45-21-11-12-22-51(45)59-54)53(56-48)39-27-29-44-42-19-8-7-17-40(42)41-18-9-10-20-43(41)46(44)32-39/h1-33,47-48H. The van der Waals surface area contributed by atoms with Crippen LogP contribution in [0.15, 0.2) is 205 Å². The van der Waals surface area contributed by atoms with Crippen LogP contribution in [0.4, 0.5) is 0 Å². The highest BCUT2D eigenvalue weighted by atomic mass is 32.1. The van der Waals surface area contributed by atoms with E-state index in [1.807, 2.05) is 29.5 Å². The topological polar surface area (TPSA) is 38.1 Å². The fourth-order valence-electron chi connectivity index (χ4n) is 9.15. The summed E-state index contributed by atoms with van der Waals surface area (Å²) in [7, 11) is 0. The Morgan fingerprint density at radius 1 is 0.424 bits per heavy atom. The van der Waals surface area contributed by atoms with Gasteiger partial charge in [0.1, 0.15) is 0 Å². The van der Waals surface area contributed by atoms with Crippen LogP contribution in [0.25, 0.3) is 81.7 Å². The van der Waals surface area contributed by atoms with Crippen LogP contribution >= 0.6 is 11.3 Å². The quantitative estimate of drug-likeness (QED) is 0.164. The molecule has 0 radical (unpaired) electrons. The smallest absolute Gasteiger partial charge is 0.160 e. The van der Waals surface area contributed by atoms with Crippen LogP contribution in [-0.4, -0.2) is 21.7 Å². The van der Waals surface area contributed by atoms with E-state index < -0.39 is 0 Å². The maximum atomic E-state index is 5.64. The second-order valence-corrected chi connectivity index (χ2v) is 16.5. The molecule has 4 heteroatoms. The van der Waals surface area contributed by atoms with Gasteiger partial charge in [0.25, 0.3) is 0 Å². The number of benzene rings is 8. The Kier molecular flexibility index (Phi) is 7.85. The number of hydrogen-bond acceptors (Lipinski definition) is 4. The van der Waals surface area contributed by atoms with Gasteiger partial charge in [-0.2, -0.15) is 0 Å². The minimum atomic E-state index is -0.0428. The predicted octanol–water partition coefficient (Wildman–Crippen LogP) is 14.1. The summed E-state index contributed by atoms with van der Waals surface area (Å²) in [5.74, 6) is 0.782. The highest BCUT2D eigenvalue weighted by molar-refractivity contribution is 7.19. The summed E-state index contributed by atoms with van der Waals surface area (Å²) in [6, 6.07) is 65.0. The van der Waals surface area contributed by atoms with Crippen LogP contribution in [-0.2, 0) is 0 Å². The van der Waals surface area contributed by atoms with E-state index in [0.29, 0.717) is 5.82 Å². The summed E-state index contributed by atoms with van der Waals surface area (Å²) in [4.78, 5) is 17.4. The van der Waals surface area contributed by atoms with Gasteiger partial charge in [0.2, 0.25) is 0 Å². The lowest BCUT2D eigenvalue weighted by Gasteiger charge is -2.29. The summed E-state index contributed by atoms with van der Waals surface area (Å²) in [5, 5.41) is 8.89. The zero-order chi connectivity index (χ0) is 38.9. The fourth-order valence-corrected chi connectivity index (χ4v) is 10.5. The zero-order valence-corrected chi connectivity index (χ0v) is 32.8. The molecule has 2 aliphatic rings. The van der Waals surface area contributed by atoms with Crippen molar-refractivity contribution < 1.29 is 0 Å². The SMILES string of the molecule is C1=CC2N=C(c3ccc4c5ccccc5c5ccccc5c4c3)c3c(sc4ccccc34)C2C=C1c1cc(-c2ccc(-c3ccccc3)cc2)nc(-c2ccccc2)n1. The van der Waals surface area contributed by atoms with Gasteiger partial charge in [0.05, 0.1) is 23.1 Å². The molecule has 10 aromatic rings. The summed E-state index contributed by atoms with van der Waals surface area (Å²) in [5.41, 5.74) is 10.8. The summed E-state index contributed by atoms with van der Waals surface area (Å²) in [6.07, 6.45) is 6.91. The van der Waals surface area contributed by atoms with Gasteiger partial charge in [-0.1, -0.05) is 182 Å². The Bertz CT molecular complexity index is 3340. The molecule has 1 aliphatic heterocycles. The van der Waals surface area contributed by atoms with E-state index in [4.69, 9.17) is 15.0 Å². The van der Waals surface area contributed by atoms with Gasteiger partial charge in [-0.25, -0.2) is 9.97 Å². The third-order valence-electron chi connectivity index (χ3n) is 12.0. The second-order valence-electron chi connectivity index (χ2n) is 15.4. The molecule has 2 atom stereocenters. The van der Waals surface area contributed by atoms with Gasteiger partial charge >= 0.3 is 0 Å². The molecule has 2 aromatic heterocycles. The van der Waals surface area contributed by atoms with Gasteiger partial charge < -0.3 is 0 Å². The van der Waals surface area contributed by atoms with E-state index in [9.17, 15) is 0 Å². The first-order valence-corrected chi connectivity index (χ1v) is 21.0. The molecule has 8 aromatic carbocycles. The molecular weight excluding hydrogens is 735 g/mol. The van der Waals surface area contributed by atoms with Crippen LogP contribution < -0.4 is 0 Å². The lowest BCUT2D eigenvalue weighted by atomic mass is 9.82. The van der Waals surface area contributed by atoms with Crippen LogP contribution in [0.2, 0.25) is 0 Å². The molecular formula is C55H35N3S. The van der Waals surface area contributed by atoms with Gasteiger partial charge in [-0.3, -0.25) is 4.99 Å². The summed E-state index contributed by atoms with van der Waals surface area (Å²) >= 11 is 1.90. The van der Waals surface area contributed by atoms with Gasteiger partial charge in [0.15, 0.2) is 5.82 Å². The Hall–Kier alpha value is -7.27. The highest BCUT2D eigenvalue weighted by Gasteiger charge is 2.34. The molecule has 0 spiro atoms. The molecule has 276 valence electrons. The molecule has 0 saturated carbocycles. The van der Waals surface area contributed by atoms with Gasteiger partial charge in [-0.05, 0) is 67.2 Å². The van der Waals surface area contributed by atoms with Crippen molar-refractivity contribution in [1.82, 2.24) is 9.97 Å². The van der Waals surface area contributed by atoms with E-state index in [2.05, 4.69) is 182 Å². The lowest BCUT2D eigenvalue weighted by molar-refractivity contribution is 0.717. The molecule has 3 nitrogen and oxygen atoms in total. The minimum absolute atomic E-state index is 0.0428. The van der Waals surface area contributed by atoms with E-state index in [-0.39, 0.29) is 12.0 Å². The van der Waals surface area contributed by atoms with Crippen LogP contribution in [0.1, 0.15) is 27.6 Å². The predicted molar refractivity (Wildman–Crippen MR) is 248 cm³/mol. The highest BCUT2D eigenvalue weighted by Crippen LogP contribution is 2.47. The second kappa shape index (κ2) is 13.7. The third-order valence-corrected chi connectivity index (χ3v) is 13.3. The van der Waals surface area contributed by atoms with Gasteiger partial charge in [-0.15, -0.1) is 11.3 Å². The Labute approximate surface area is 346 Å². The van der Waals surface area contributed by atoms with Crippen LogP contribution in [0.3, 0.4) is 0 Å². The number of allylic oxidation sites excluding steroid dienone is 2. The van der Waals surface area contributed by atoms with E-state index >= 15 is 0 Å². The van der Waals surface area contributed by atoms with Crippen molar-refractivity contribution in [3.63, 3.8) is 0 Å². The van der Waals surface area contributed by atoms with Crippen molar-refractivity contribution in [1.29, 1.82) is 0 Å². The van der Waals surface area contributed by atoms with Crippen molar-refractivity contribution in [2.45, 2.75) is 12.0 Å². The number of fused-ring (bicyclic) bond motifs is 11. The number of aromatic nitrogens is 2. The van der Waals surface area contributed by atoms with Crippen LogP contribution in [0.5, 0.6) is 0 Å². The first-order valence-electron chi connectivity index (χ1n) is 20.2. The third kappa shape index (κ3) is 5.67. The number of hydrogen-bond donors (Lipinski definition) is 0. The summed E-state index contributed by atoms with van der Waals surface area (Å²) < 4.78 is 1.28. The Morgan fingerprint density at radius 3 is 1.68 bits per heavy atom. The van der Waals surface area contributed by atoms with Crippen molar-refractivity contribution in [2.75, 3.05) is 0 Å². The molecule has 0 fully saturated rings. The van der Waals surface area contributed by atoms with E-state index in [1.54, 1.807) is 0 Å². The average Bonchev–Trinajstić information content (AvgIpc) is 3.72. The Morgan fingerprint density at radius 2 is 0.966 bits per heavy atom. The molecule has 0 N–H and O–H groups in total. The number of nitrogens with zero attached hydrogens (tertiary/aromatic N) is 3. The maximum absolute atomic E-state index is 5.64. The number of aliphatic imine (C=N–C) groups is 1. The summed E-state index contributed by atoms with van der Waals surface area (Å²) in [6.45, 7) is 0. The molecule has 1 aliphatic carbocycles. The van der Waals surface area contributed by atoms with Crippen molar-refractivity contribution in [3.8, 4) is 33.8 Å². The molecule has 0 saturated heterocycles. The molecule has 3 heterocycles. The maximum Gasteiger partial charge on any atom is 0.160 e. The molecule has 59 heavy (non-hydrogen) atoms. The molecule has 0 bridgehead atoms. The minimum Gasteiger partial charge on any atom is -0.276 e. The van der Waals surface area contributed by atoms with Crippen molar-refractivity contribution in [3.05, 3.63) is 222 Å². The molecule has 12 rings (SSSR count). The first-order chi connectivity index (χ1) is 29.2. The number of thiophene rings is 1. The number of rotatable bonds is 5. The normalized spacial score (nSPS) is 15.9. The fraction of sp³-hybridized carbons (Fsp3) is 0.0364. The van der Waals surface area contributed by atoms with Crippen LogP contribution in [0, 0.1) is 0 Å². The zero-order valence-electron chi connectivity index (χ0n) is 32.0. The lowest BCUT2D eigenvalue weighted by Crippen LogP contribution is -2.25. The van der Waals surface area contributed by atoms with E-state index in [0.717, 1.165) is 39.4 Å². The average molecular weight is 770 g/mol. The van der Waals surface area contributed by atoms with E-state index in [1.165, 1.54) is 64.0 Å². The Balaban J connectivity index is 0.991. The molecule has 2 unspecified atom stereocenters. The molecule has 0 amide bonds. The monoisotopic (exact) mass is 769 g/mol. The largest absolute Gasteiger partial charge is 0.276 e.